The predicted octanol–water partition coefficient (Wildman–Crippen LogP) is 4.62. The average Bonchev–Trinajstić information content (AvgIpc) is 2.78. The molecule has 0 aliphatic heterocycles. The molecule has 3 rings (SSSR count). The van der Waals surface area contributed by atoms with Gasteiger partial charge in [-0.15, -0.1) is 0 Å². The molecule has 1 N–H and O–H groups in total. The van der Waals surface area contributed by atoms with Crippen molar-refractivity contribution in [2.24, 2.45) is 0 Å². The Labute approximate surface area is 200 Å². The third-order valence-corrected chi connectivity index (χ3v) is 5.31. The van der Waals surface area contributed by atoms with E-state index in [1.807, 2.05) is 80.1 Å². The number of amides is 1. The smallest absolute Gasteiger partial charge is 0.407 e. The number of nitrogens with zero attached hydrogens (tertiary/aromatic N) is 2. The van der Waals surface area contributed by atoms with Crippen molar-refractivity contribution < 1.29 is 18.5 Å². The summed E-state index contributed by atoms with van der Waals surface area (Å²) in [4.78, 5) is 26.7. The van der Waals surface area contributed by atoms with Gasteiger partial charge in [0.2, 0.25) is 5.69 Å². The summed E-state index contributed by atoms with van der Waals surface area (Å²) in [6.45, 7) is 12.4. The maximum absolute atomic E-state index is 12.6. The molecule has 7 nitrogen and oxygen atoms in total. The highest BCUT2D eigenvalue weighted by molar-refractivity contribution is 5.83. The summed E-state index contributed by atoms with van der Waals surface area (Å²) < 4.78 is 12.9. The zero-order valence-corrected chi connectivity index (χ0v) is 20.6. The Morgan fingerprint density at radius 2 is 1.88 bits per heavy atom. The molecule has 2 aromatic heterocycles. The molecule has 0 saturated heterocycles. The Hall–Kier alpha value is -3.61. The van der Waals surface area contributed by atoms with E-state index in [1.54, 1.807) is 6.08 Å². The number of ether oxygens (including phenoxy) is 1. The lowest BCUT2D eigenvalue weighted by Gasteiger charge is -2.20. The fourth-order valence-corrected chi connectivity index (χ4v) is 3.63. The Balaban J connectivity index is 1.75. The number of hydrogen-bond donors (Lipinski definition) is 1. The van der Waals surface area contributed by atoms with Crippen LogP contribution < -0.4 is 20.4 Å². The molecule has 0 unspecified atom stereocenters. The standard InChI is InChI=1S/C27H33N3O4/c1-6-29(7-2)23-14-11-20-18-21(25(31)33-24(20)19-23)12-13-22-10-8-9-16-30(22)17-15-28-26(32)34-27(3,4)5/h8-14,16,18-19H,6-7,15,17H2,1-5H3/p+1. The van der Waals surface area contributed by atoms with E-state index in [4.69, 9.17) is 9.15 Å². The van der Waals surface area contributed by atoms with E-state index in [2.05, 4.69) is 24.1 Å². The van der Waals surface area contributed by atoms with Crippen LogP contribution in [0, 0.1) is 0 Å². The van der Waals surface area contributed by atoms with Gasteiger partial charge in [-0.25, -0.2) is 9.59 Å². The van der Waals surface area contributed by atoms with Gasteiger partial charge in [-0.3, -0.25) is 0 Å². The minimum absolute atomic E-state index is 0.380. The van der Waals surface area contributed by atoms with Crippen LogP contribution in [0.3, 0.4) is 0 Å². The first-order chi connectivity index (χ1) is 16.2. The Bertz CT molecular complexity index is 1220. The van der Waals surface area contributed by atoms with Gasteiger partial charge in [0.15, 0.2) is 12.7 Å². The molecule has 0 fully saturated rings. The molecule has 34 heavy (non-hydrogen) atoms. The minimum atomic E-state index is -0.536. The largest absolute Gasteiger partial charge is 0.444 e. The van der Waals surface area contributed by atoms with Crippen LogP contribution in [0.4, 0.5) is 10.5 Å². The van der Waals surface area contributed by atoms with Gasteiger partial charge in [0.1, 0.15) is 11.2 Å². The van der Waals surface area contributed by atoms with Crippen LogP contribution in [0.2, 0.25) is 0 Å². The van der Waals surface area contributed by atoms with Gasteiger partial charge in [-0.05, 0) is 65.0 Å². The maximum Gasteiger partial charge on any atom is 0.407 e. The van der Waals surface area contributed by atoms with Gasteiger partial charge in [0.05, 0.1) is 12.1 Å². The number of aromatic nitrogens is 1. The summed E-state index contributed by atoms with van der Waals surface area (Å²) >= 11 is 0. The Kier molecular flexibility index (Phi) is 8.10. The molecule has 7 heteroatoms. The molecule has 3 aromatic rings. The van der Waals surface area contributed by atoms with Crippen LogP contribution in [-0.4, -0.2) is 31.3 Å². The zero-order chi connectivity index (χ0) is 24.7. The monoisotopic (exact) mass is 464 g/mol. The predicted molar refractivity (Wildman–Crippen MR) is 136 cm³/mol. The third-order valence-electron chi connectivity index (χ3n) is 5.31. The normalized spacial score (nSPS) is 11.7. The first kappa shape index (κ1) is 25.0. The van der Waals surface area contributed by atoms with Crippen molar-refractivity contribution in [1.82, 2.24) is 5.32 Å². The van der Waals surface area contributed by atoms with Crippen LogP contribution in [-0.2, 0) is 11.3 Å². The van der Waals surface area contributed by atoms with Gasteiger partial charge in [-0.1, -0.05) is 0 Å². The van der Waals surface area contributed by atoms with Crippen LogP contribution in [0.1, 0.15) is 45.9 Å². The second-order valence-electron chi connectivity index (χ2n) is 8.96. The fourth-order valence-electron chi connectivity index (χ4n) is 3.63. The lowest BCUT2D eigenvalue weighted by atomic mass is 10.1. The number of fused-ring (bicyclic) bond motifs is 1. The SMILES string of the molecule is CCN(CC)c1ccc2cc(/C=C/c3cccc[n+]3CCNC(=O)OC(C)(C)C)c(=O)oc2c1. The van der Waals surface area contributed by atoms with Gasteiger partial charge in [-0.2, -0.15) is 4.57 Å². The molecule has 180 valence electrons. The van der Waals surface area contributed by atoms with E-state index >= 15 is 0 Å². The first-order valence-electron chi connectivity index (χ1n) is 11.7. The Morgan fingerprint density at radius 1 is 1.12 bits per heavy atom. The molecule has 0 atom stereocenters. The van der Waals surface area contributed by atoms with Gasteiger partial charge >= 0.3 is 11.7 Å². The van der Waals surface area contributed by atoms with E-state index in [0.717, 1.165) is 29.9 Å². The molecular weight excluding hydrogens is 430 g/mol. The van der Waals surface area contributed by atoms with Crippen LogP contribution in [0.25, 0.3) is 23.1 Å². The van der Waals surface area contributed by atoms with Crippen molar-refractivity contribution in [3.8, 4) is 0 Å². The summed E-state index contributed by atoms with van der Waals surface area (Å²) in [7, 11) is 0. The second-order valence-corrected chi connectivity index (χ2v) is 8.96. The summed E-state index contributed by atoms with van der Waals surface area (Å²) in [6, 6.07) is 13.6. The van der Waals surface area contributed by atoms with Crippen LogP contribution >= 0.6 is 0 Å². The first-order valence-corrected chi connectivity index (χ1v) is 11.7. The number of pyridine rings is 1. The van der Waals surface area contributed by atoms with Gasteiger partial charge in [0.25, 0.3) is 0 Å². The highest BCUT2D eigenvalue weighted by Crippen LogP contribution is 2.22. The number of anilines is 1. The molecule has 0 radical (unpaired) electrons. The molecule has 0 spiro atoms. The highest BCUT2D eigenvalue weighted by atomic mass is 16.6. The van der Waals surface area contributed by atoms with Crippen LogP contribution in [0.15, 0.2) is 57.9 Å². The fraction of sp³-hybridized carbons (Fsp3) is 0.370. The summed E-state index contributed by atoms with van der Waals surface area (Å²) in [5.41, 5.74) is 2.07. The average molecular weight is 465 g/mol. The lowest BCUT2D eigenvalue weighted by molar-refractivity contribution is -0.696. The number of carbonyl (C=O) groups is 1. The van der Waals surface area contributed by atoms with E-state index in [9.17, 15) is 9.59 Å². The van der Waals surface area contributed by atoms with Crippen molar-refractivity contribution in [3.05, 3.63) is 70.3 Å². The van der Waals surface area contributed by atoms with Crippen molar-refractivity contribution in [2.45, 2.75) is 46.8 Å². The van der Waals surface area contributed by atoms with Crippen molar-refractivity contribution >= 4 is 34.9 Å². The molecule has 0 aliphatic rings. The molecule has 0 bridgehead atoms. The number of nitrogens with one attached hydrogen (secondary N) is 1. The summed E-state index contributed by atoms with van der Waals surface area (Å²) in [5, 5.41) is 3.64. The maximum atomic E-state index is 12.6. The van der Waals surface area contributed by atoms with Gasteiger partial charge < -0.3 is 19.4 Å². The van der Waals surface area contributed by atoms with E-state index in [-0.39, 0.29) is 5.63 Å². The molecule has 1 amide bonds. The van der Waals surface area contributed by atoms with Crippen molar-refractivity contribution in [1.29, 1.82) is 0 Å². The highest BCUT2D eigenvalue weighted by Gasteiger charge is 2.16. The van der Waals surface area contributed by atoms with E-state index in [0.29, 0.717) is 24.2 Å². The quantitative estimate of drug-likeness (QED) is 0.389. The molecule has 0 saturated carbocycles. The van der Waals surface area contributed by atoms with Crippen molar-refractivity contribution in [2.75, 3.05) is 24.5 Å². The van der Waals surface area contributed by atoms with Crippen LogP contribution in [0.5, 0.6) is 0 Å². The number of rotatable bonds is 8. The third kappa shape index (κ3) is 6.70. The summed E-state index contributed by atoms with van der Waals surface area (Å²) in [6.07, 6.45) is 5.11. The number of carbonyl (C=O) groups excluding carboxylic acids is 1. The topological polar surface area (TPSA) is 75.7 Å². The Morgan fingerprint density at radius 3 is 2.59 bits per heavy atom. The van der Waals surface area contributed by atoms with E-state index < -0.39 is 11.7 Å². The molecule has 1 aromatic carbocycles. The molecule has 0 aliphatic carbocycles. The van der Waals surface area contributed by atoms with E-state index in [1.165, 1.54) is 0 Å². The van der Waals surface area contributed by atoms with Gasteiger partial charge in [0, 0.05) is 48.4 Å². The number of alkyl carbamates (subject to hydrolysis) is 1. The molecular formula is C27H34N3O4+. The molecule has 2 heterocycles. The minimum Gasteiger partial charge on any atom is -0.444 e. The summed E-state index contributed by atoms with van der Waals surface area (Å²) in [5.74, 6) is 0. The zero-order valence-electron chi connectivity index (χ0n) is 20.6. The number of hydrogen-bond acceptors (Lipinski definition) is 5. The number of benzene rings is 1. The lowest BCUT2D eigenvalue weighted by Crippen LogP contribution is -2.43. The van der Waals surface area contributed by atoms with Crippen molar-refractivity contribution in [3.63, 3.8) is 0 Å². The second kappa shape index (κ2) is 11.0.